The fourth-order valence-corrected chi connectivity index (χ4v) is 3.63. The number of nitrogens with one attached hydrogen (secondary N) is 1. The second-order valence-corrected chi connectivity index (χ2v) is 7.68. The summed E-state index contributed by atoms with van der Waals surface area (Å²) in [5.74, 6) is 0.470. The summed E-state index contributed by atoms with van der Waals surface area (Å²) in [6, 6.07) is 8.01. The highest BCUT2D eigenvalue weighted by Gasteiger charge is 2.17. The Kier molecular flexibility index (Phi) is 5.79. The molecular formula is C15H20N4OS2. The molecule has 2 aromatic rings. The quantitative estimate of drug-likeness (QED) is 0.785. The number of hydrogen-bond donors (Lipinski definition) is 2. The van der Waals surface area contributed by atoms with Crippen molar-refractivity contribution in [2.24, 2.45) is 0 Å². The maximum absolute atomic E-state index is 12.2. The van der Waals surface area contributed by atoms with Crippen molar-refractivity contribution in [2.75, 3.05) is 11.1 Å². The van der Waals surface area contributed by atoms with Crippen molar-refractivity contribution in [2.45, 2.75) is 42.7 Å². The average molecular weight is 336 g/mol. The molecule has 3 N–H and O–H groups in total. The van der Waals surface area contributed by atoms with Crippen LogP contribution in [0.15, 0.2) is 28.6 Å². The molecule has 5 nitrogen and oxygen atoms in total. The van der Waals surface area contributed by atoms with Crippen LogP contribution in [0.25, 0.3) is 0 Å². The highest BCUT2D eigenvalue weighted by atomic mass is 32.2. The Morgan fingerprint density at radius 3 is 2.55 bits per heavy atom. The van der Waals surface area contributed by atoms with Crippen LogP contribution in [0, 0.1) is 0 Å². The number of aromatic nitrogens is 2. The molecule has 1 heterocycles. The van der Waals surface area contributed by atoms with E-state index in [9.17, 15) is 4.79 Å². The van der Waals surface area contributed by atoms with Crippen molar-refractivity contribution in [3.8, 4) is 0 Å². The molecule has 118 valence electrons. The molecule has 0 fully saturated rings. The zero-order valence-corrected chi connectivity index (χ0v) is 14.5. The van der Waals surface area contributed by atoms with Gasteiger partial charge in [-0.1, -0.05) is 49.1 Å². The van der Waals surface area contributed by atoms with Crippen molar-refractivity contribution >= 4 is 39.8 Å². The van der Waals surface area contributed by atoms with Crippen LogP contribution in [-0.4, -0.2) is 21.4 Å². The number of nitrogens with two attached hydrogens (primary N) is 1. The maximum atomic E-state index is 12.2. The first-order valence-corrected chi connectivity index (χ1v) is 8.85. The van der Waals surface area contributed by atoms with Crippen LogP contribution in [0.1, 0.15) is 38.7 Å². The predicted molar refractivity (Wildman–Crippen MR) is 93.4 cm³/mol. The summed E-state index contributed by atoms with van der Waals surface area (Å²) in [6.45, 7) is 6.20. The van der Waals surface area contributed by atoms with E-state index < -0.39 is 0 Å². The Morgan fingerprint density at radius 2 is 2.00 bits per heavy atom. The summed E-state index contributed by atoms with van der Waals surface area (Å²) in [5.41, 5.74) is 7.63. The lowest BCUT2D eigenvalue weighted by atomic mass is 9.99. The van der Waals surface area contributed by atoms with E-state index in [1.54, 1.807) is 0 Å². The van der Waals surface area contributed by atoms with Crippen LogP contribution in [0.3, 0.4) is 0 Å². The van der Waals surface area contributed by atoms with Crippen molar-refractivity contribution in [1.82, 2.24) is 10.2 Å². The van der Waals surface area contributed by atoms with E-state index in [1.165, 1.54) is 28.7 Å². The van der Waals surface area contributed by atoms with Gasteiger partial charge in [-0.25, -0.2) is 0 Å². The summed E-state index contributed by atoms with van der Waals surface area (Å²) in [4.78, 5) is 12.2. The number of rotatable bonds is 6. The van der Waals surface area contributed by atoms with E-state index in [-0.39, 0.29) is 11.2 Å². The van der Waals surface area contributed by atoms with E-state index >= 15 is 0 Å². The molecule has 0 bridgehead atoms. The molecular weight excluding hydrogens is 316 g/mol. The number of amides is 1. The number of hydrogen-bond acceptors (Lipinski definition) is 6. The lowest BCUT2D eigenvalue weighted by molar-refractivity contribution is -0.115. The number of anilines is 2. The van der Waals surface area contributed by atoms with Gasteiger partial charge >= 0.3 is 0 Å². The standard InChI is InChI=1S/C15H20N4OS2/c1-4-9(2)11-5-7-12(8-6-11)17-13(20)10(3)21-15-19-18-14(16)22-15/h5-10H,4H2,1-3H3,(H2,16,18)(H,17,20)/t9-,10-/m1/s1. The average Bonchev–Trinajstić information content (AvgIpc) is 2.92. The van der Waals surface area contributed by atoms with Crippen molar-refractivity contribution in [3.05, 3.63) is 29.8 Å². The normalized spacial score (nSPS) is 13.6. The van der Waals surface area contributed by atoms with Crippen LogP contribution in [0.2, 0.25) is 0 Å². The predicted octanol–water partition coefficient (Wildman–Crippen LogP) is 3.75. The molecule has 0 radical (unpaired) electrons. The van der Waals surface area contributed by atoms with Gasteiger partial charge in [-0.2, -0.15) is 0 Å². The first-order chi connectivity index (χ1) is 10.5. The van der Waals surface area contributed by atoms with Crippen LogP contribution in [-0.2, 0) is 4.79 Å². The Balaban J connectivity index is 1.93. The van der Waals surface area contributed by atoms with E-state index in [2.05, 4.69) is 41.5 Å². The molecule has 0 saturated carbocycles. The minimum absolute atomic E-state index is 0.0601. The third kappa shape index (κ3) is 4.45. The molecule has 2 atom stereocenters. The maximum Gasteiger partial charge on any atom is 0.237 e. The Bertz CT molecular complexity index is 627. The third-order valence-corrected chi connectivity index (χ3v) is 5.37. The number of nitrogens with zero attached hydrogens (tertiary/aromatic N) is 2. The van der Waals surface area contributed by atoms with Gasteiger partial charge in [0.05, 0.1) is 5.25 Å². The topological polar surface area (TPSA) is 80.9 Å². The number of nitrogen functional groups attached to an aromatic ring is 1. The summed E-state index contributed by atoms with van der Waals surface area (Å²) >= 11 is 2.64. The van der Waals surface area contributed by atoms with Gasteiger partial charge in [0.2, 0.25) is 11.0 Å². The molecule has 0 aliphatic heterocycles. The van der Waals surface area contributed by atoms with Gasteiger partial charge in [-0.3, -0.25) is 4.79 Å². The fourth-order valence-electron chi connectivity index (χ4n) is 1.85. The highest BCUT2D eigenvalue weighted by molar-refractivity contribution is 8.02. The first-order valence-electron chi connectivity index (χ1n) is 7.16. The minimum atomic E-state index is -0.262. The van der Waals surface area contributed by atoms with Gasteiger partial charge in [-0.15, -0.1) is 10.2 Å². The Labute approximate surface area is 138 Å². The van der Waals surface area contributed by atoms with Gasteiger partial charge in [0.25, 0.3) is 0 Å². The van der Waals surface area contributed by atoms with Crippen LogP contribution in [0.5, 0.6) is 0 Å². The van der Waals surface area contributed by atoms with Crippen LogP contribution < -0.4 is 11.1 Å². The lowest BCUT2D eigenvalue weighted by Crippen LogP contribution is -2.22. The molecule has 0 saturated heterocycles. The lowest BCUT2D eigenvalue weighted by Gasteiger charge is -2.12. The molecule has 0 spiro atoms. The number of benzene rings is 1. The summed E-state index contributed by atoms with van der Waals surface area (Å²) in [5, 5.41) is 10.7. The van der Waals surface area contributed by atoms with Gasteiger partial charge in [0.15, 0.2) is 4.34 Å². The molecule has 1 amide bonds. The van der Waals surface area contributed by atoms with Gasteiger partial charge in [-0.05, 0) is 37.0 Å². The molecule has 1 aromatic carbocycles. The Hall–Kier alpha value is -1.60. The zero-order valence-electron chi connectivity index (χ0n) is 12.9. The molecule has 22 heavy (non-hydrogen) atoms. The molecule has 0 unspecified atom stereocenters. The summed E-state index contributed by atoms with van der Waals surface area (Å²) in [6.07, 6.45) is 1.10. The molecule has 0 aliphatic rings. The second-order valence-electron chi connectivity index (χ2n) is 5.09. The Morgan fingerprint density at radius 1 is 1.32 bits per heavy atom. The van der Waals surface area contributed by atoms with Crippen molar-refractivity contribution in [1.29, 1.82) is 0 Å². The second kappa shape index (κ2) is 7.60. The van der Waals surface area contributed by atoms with Crippen LogP contribution >= 0.6 is 23.1 Å². The first kappa shape index (κ1) is 16.8. The fraction of sp³-hybridized carbons (Fsp3) is 0.400. The third-order valence-electron chi connectivity index (χ3n) is 3.43. The summed E-state index contributed by atoms with van der Waals surface area (Å²) in [7, 11) is 0. The van der Waals surface area contributed by atoms with Crippen LogP contribution in [0.4, 0.5) is 10.8 Å². The zero-order chi connectivity index (χ0) is 16.1. The van der Waals surface area contributed by atoms with Gasteiger partial charge < -0.3 is 11.1 Å². The van der Waals surface area contributed by atoms with E-state index in [4.69, 9.17) is 5.73 Å². The highest BCUT2D eigenvalue weighted by Crippen LogP contribution is 2.28. The monoisotopic (exact) mass is 336 g/mol. The molecule has 0 aliphatic carbocycles. The van der Waals surface area contributed by atoms with Crippen molar-refractivity contribution < 1.29 is 4.79 Å². The largest absolute Gasteiger partial charge is 0.374 e. The van der Waals surface area contributed by atoms with Gasteiger partial charge in [0, 0.05) is 5.69 Å². The molecule has 2 rings (SSSR count). The molecule has 7 heteroatoms. The number of carbonyl (C=O) groups excluding carboxylic acids is 1. The van der Waals surface area contributed by atoms with E-state index in [0.29, 0.717) is 15.4 Å². The molecule has 1 aromatic heterocycles. The van der Waals surface area contributed by atoms with Crippen molar-refractivity contribution in [3.63, 3.8) is 0 Å². The summed E-state index contributed by atoms with van der Waals surface area (Å²) < 4.78 is 0.701. The minimum Gasteiger partial charge on any atom is -0.374 e. The smallest absolute Gasteiger partial charge is 0.237 e. The van der Waals surface area contributed by atoms with E-state index in [1.807, 2.05) is 19.1 Å². The number of thioether (sulfide) groups is 1. The SMILES string of the molecule is CC[C@@H](C)c1ccc(NC(=O)[C@@H](C)Sc2nnc(N)s2)cc1. The van der Waals surface area contributed by atoms with Gasteiger partial charge in [0.1, 0.15) is 0 Å². The van der Waals surface area contributed by atoms with E-state index in [0.717, 1.165) is 12.1 Å². The number of carbonyl (C=O) groups is 1.